The van der Waals surface area contributed by atoms with E-state index < -0.39 is 35.6 Å². The molecule has 0 unspecified atom stereocenters. The quantitative estimate of drug-likeness (QED) is 0.267. The minimum absolute atomic E-state index is 0.0923. The molecule has 0 radical (unpaired) electrons. The Balaban J connectivity index is 1.58. The van der Waals surface area contributed by atoms with Gasteiger partial charge in [-0.1, -0.05) is 34.1 Å². The Hall–Kier alpha value is -3.01. The third-order valence-electron chi connectivity index (χ3n) is 9.37. The Bertz CT molecular complexity index is 1330. The summed E-state index contributed by atoms with van der Waals surface area (Å²) in [7, 11) is 0. The molecule has 2 aliphatic rings. The van der Waals surface area contributed by atoms with E-state index >= 15 is 0 Å². The van der Waals surface area contributed by atoms with Crippen LogP contribution in [-0.4, -0.2) is 61.8 Å². The highest BCUT2D eigenvalue weighted by molar-refractivity contribution is 5.88. The molecule has 7 atom stereocenters. The topological polar surface area (TPSA) is 140 Å². The van der Waals surface area contributed by atoms with E-state index in [1.54, 1.807) is 25.5 Å². The summed E-state index contributed by atoms with van der Waals surface area (Å²) < 4.78 is 13.9. The highest BCUT2D eigenvalue weighted by atomic mass is 16.6. The number of carbonyl (C=O) groups excluding carboxylic acids is 2. The lowest BCUT2D eigenvalue weighted by Gasteiger charge is -2.34. The number of nitrogen functional groups attached to an aromatic ring is 1. The van der Waals surface area contributed by atoms with Crippen LogP contribution in [0.25, 0.3) is 11.8 Å². The maximum absolute atomic E-state index is 13.3. The number of ether oxygens (including phenoxy) is 2. The third-order valence-corrected chi connectivity index (χ3v) is 9.37. The van der Waals surface area contributed by atoms with Gasteiger partial charge >= 0.3 is 5.97 Å². The summed E-state index contributed by atoms with van der Waals surface area (Å²) in [5.74, 6) is -1.64. The molecule has 4 N–H and O–H groups in total. The molecule has 0 spiro atoms. The van der Waals surface area contributed by atoms with Crippen LogP contribution in [0.15, 0.2) is 36.0 Å². The maximum atomic E-state index is 13.3. The van der Waals surface area contributed by atoms with Crippen molar-refractivity contribution in [3.8, 4) is 5.69 Å². The van der Waals surface area contributed by atoms with Crippen LogP contribution in [0.5, 0.6) is 0 Å². The van der Waals surface area contributed by atoms with E-state index in [0.717, 1.165) is 36.1 Å². The fraction of sp³-hybridized carbons (Fsp3) is 0.606. The van der Waals surface area contributed by atoms with Crippen molar-refractivity contribution in [3.63, 3.8) is 0 Å². The zero-order valence-corrected chi connectivity index (χ0v) is 26.0. The third kappa shape index (κ3) is 6.96. The van der Waals surface area contributed by atoms with Gasteiger partial charge in [-0.05, 0) is 81.0 Å². The largest absolute Gasteiger partial charge is 0.458 e. The molecule has 2 aromatic rings. The van der Waals surface area contributed by atoms with Gasteiger partial charge in [0.2, 0.25) is 0 Å². The number of cyclic esters (lactones) is 1. The molecular formula is C33H47N3O6. The van der Waals surface area contributed by atoms with Gasteiger partial charge in [0.1, 0.15) is 11.9 Å². The number of esters is 1. The normalized spacial score (nSPS) is 33.1. The molecule has 2 aliphatic heterocycles. The predicted octanol–water partition coefficient (Wildman–Crippen LogP) is 4.79. The molecule has 1 aromatic heterocycles. The number of Topliss-reactive ketones (excluding diaryl/α,β-unsaturated/α-hetero) is 1. The summed E-state index contributed by atoms with van der Waals surface area (Å²) in [6.45, 7) is 12.8. The van der Waals surface area contributed by atoms with Crippen LogP contribution >= 0.6 is 0 Å². The van der Waals surface area contributed by atoms with Crippen molar-refractivity contribution in [2.45, 2.75) is 111 Å². The van der Waals surface area contributed by atoms with Crippen LogP contribution in [0, 0.1) is 24.2 Å². The molecule has 42 heavy (non-hydrogen) atoms. The number of aryl methyl sites for hydroxylation is 1. The molecule has 4 rings (SSSR count). The second kappa shape index (κ2) is 12.3. The van der Waals surface area contributed by atoms with Crippen LogP contribution in [0.4, 0.5) is 5.69 Å². The monoisotopic (exact) mass is 581 g/mol. The van der Waals surface area contributed by atoms with Crippen molar-refractivity contribution in [3.05, 3.63) is 47.3 Å². The Morgan fingerprint density at radius 1 is 1.17 bits per heavy atom. The molecule has 2 saturated heterocycles. The van der Waals surface area contributed by atoms with E-state index in [1.807, 2.05) is 57.3 Å². The zero-order valence-electron chi connectivity index (χ0n) is 26.0. The fourth-order valence-corrected chi connectivity index (χ4v) is 6.11. The van der Waals surface area contributed by atoms with E-state index in [2.05, 4.69) is 6.92 Å². The first-order chi connectivity index (χ1) is 19.6. The highest BCUT2D eigenvalue weighted by Crippen LogP contribution is 2.45. The number of rotatable bonds is 3. The van der Waals surface area contributed by atoms with E-state index in [1.165, 1.54) is 0 Å². The number of hydrogen-bond acceptors (Lipinski definition) is 8. The van der Waals surface area contributed by atoms with E-state index in [4.69, 9.17) is 20.3 Å². The standard InChI is InChI=1S/C33H47N3O6/c1-19-9-8-13-33(7)28(42-33)17-26(41-29(38)18-27(37)32(5,6)31(40)22(4)30(19)39)21(3)16-24-12-14-36(35-24)25-11-10-23(34)15-20(25)2/h10-12,14-16,19,22,26-28,30,37,39H,8-9,13,17-18,34H2,1-7H3/b21-16+/t19-,22+,26-,27-,28-,30-,33+/m0/s1. The van der Waals surface area contributed by atoms with Gasteiger partial charge in [-0.3, -0.25) is 9.59 Å². The van der Waals surface area contributed by atoms with Crippen molar-refractivity contribution < 1.29 is 29.3 Å². The Kier molecular flexibility index (Phi) is 9.35. The molecule has 9 nitrogen and oxygen atoms in total. The summed E-state index contributed by atoms with van der Waals surface area (Å²) >= 11 is 0. The van der Waals surface area contributed by atoms with Crippen molar-refractivity contribution in [2.24, 2.45) is 17.3 Å². The predicted molar refractivity (Wildman–Crippen MR) is 162 cm³/mol. The number of aliphatic hydroxyl groups is 2. The number of nitrogens with two attached hydrogens (primary N) is 1. The maximum Gasteiger partial charge on any atom is 0.309 e. The Morgan fingerprint density at radius 2 is 1.88 bits per heavy atom. The molecule has 0 bridgehead atoms. The average Bonchev–Trinajstić information content (AvgIpc) is 3.31. The SMILES string of the molecule is C/C(=C\c1ccn(-c2ccc(N)cc2C)n1)[C@@H]1C[C@@H]2O[C@]2(C)CCC[C@H](C)[C@H](O)[C@@H](C)C(=O)C(C)(C)[C@@H](O)CC(=O)O1. The molecule has 9 heteroatoms. The van der Waals surface area contributed by atoms with Gasteiger partial charge in [-0.15, -0.1) is 0 Å². The molecule has 2 fully saturated rings. The van der Waals surface area contributed by atoms with Crippen molar-refractivity contribution in [2.75, 3.05) is 5.73 Å². The van der Waals surface area contributed by atoms with E-state index in [9.17, 15) is 19.8 Å². The first kappa shape index (κ1) is 31.9. The number of epoxide rings is 1. The van der Waals surface area contributed by atoms with Crippen LogP contribution in [0.1, 0.15) is 84.9 Å². The summed E-state index contributed by atoms with van der Waals surface area (Å²) in [5.41, 5.74) is 8.44. The Morgan fingerprint density at radius 3 is 2.57 bits per heavy atom. The molecule has 230 valence electrons. The number of hydrogen-bond donors (Lipinski definition) is 3. The van der Waals surface area contributed by atoms with E-state index in [0.29, 0.717) is 17.8 Å². The summed E-state index contributed by atoms with van der Waals surface area (Å²) in [4.78, 5) is 26.5. The lowest BCUT2D eigenvalue weighted by Crippen LogP contribution is -2.45. The molecule has 0 amide bonds. The number of benzene rings is 1. The number of fused-ring (bicyclic) bond motifs is 1. The second-order valence-corrected chi connectivity index (χ2v) is 13.2. The first-order valence-corrected chi connectivity index (χ1v) is 15.0. The second-order valence-electron chi connectivity index (χ2n) is 13.2. The summed E-state index contributed by atoms with van der Waals surface area (Å²) in [6, 6.07) is 7.55. The van der Waals surface area contributed by atoms with Gasteiger partial charge < -0.3 is 25.4 Å². The summed E-state index contributed by atoms with van der Waals surface area (Å²) in [6.07, 6.45) is 3.50. The zero-order chi connectivity index (χ0) is 31.0. The first-order valence-electron chi connectivity index (χ1n) is 15.0. The lowest BCUT2D eigenvalue weighted by molar-refractivity contribution is -0.154. The van der Waals surface area contributed by atoms with Gasteiger partial charge in [0.25, 0.3) is 0 Å². The lowest BCUT2D eigenvalue weighted by atomic mass is 9.73. The van der Waals surface area contributed by atoms with Crippen molar-refractivity contribution >= 4 is 23.5 Å². The minimum Gasteiger partial charge on any atom is -0.458 e. The minimum atomic E-state index is -1.26. The number of aliphatic hydroxyl groups excluding tert-OH is 2. The van der Waals surface area contributed by atoms with Gasteiger partial charge in [0.15, 0.2) is 0 Å². The highest BCUT2D eigenvalue weighted by Gasteiger charge is 2.53. The summed E-state index contributed by atoms with van der Waals surface area (Å²) in [5, 5.41) is 26.6. The molecule has 0 saturated carbocycles. The number of anilines is 1. The van der Waals surface area contributed by atoms with Gasteiger partial charge in [0, 0.05) is 24.2 Å². The number of carbonyl (C=O) groups is 2. The van der Waals surface area contributed by atoms with Gasteiger partial charge in [-0.25, -0.2) is 4.68 Å². The molecular weight excluding hydrogens is 534 g/mol. The average molecular weight is 582 g/mol. The van der Waals surface area contributed by atoms with Crippen LogP contribution in [0.2, 0.25) is 0 Å². The molecule has 3 heterocycles. The number of aromatic nitrogens is 2. The number of ketones is 1. The van der Waals surface area contributed by atoms with E-state index in [-0.39, 0.29) is 29.8 Å². The van der Waals surface area contributed by atoms with Crippen molar-refractivity contribution in [1.29, 1.82) is 0 Å². The molecule has 1 aromatic carbocycles. The van der Waals surface area contributed by atoms with Crippen LogP contribution < -0.4 is 5.73 Å². The van der Waals surface area contributed by atoms with Crippen LogP contribution in [-0.2, 0) is 19.1 Å². The van der Waals surface area contributed by atoms with Gasteiger partial charge in [0.05, 0.1) is 47.1 Å². The van der Waals surface area contributed by atoms with Gasteiger partial charge in [-0.2, -0.15) is 5.10 Å². The van der Waals surface area contributed by atoms with Crippen LogP contribution in [0.3, 0.4) is 0 Å². The van der Waals surface area contributed by atoms with Crippen molar-refractivity contribution in [1.82, 2.24) is 9.78 Å². The number of nitrogens with zero attached hydrogens (tertiary/aromatic N) is 2. The Labute approximate surface area is 249 Å². The smallest absolute Gasteiger partial charge is 0.309 e. The molecule has 0 aliphatic carbocycles. The fourth-order valence-electron chi connectivity index (χ4n) is 6.11.